The number of hydrogen-bond donors (Lipinski definition) is 0. The summed E-state index contributed by atoms with van der Waals surface area (Å²) in [6.45, 7) is 4.83. The highest BCUT2D eigenvalue weighted by molar-refractivity contribution is 5.86. The lowest BCUT2D eigenvalue weighted by Crippen LogP contribution is -2.07. The van der Waals surface area contributed by atoms with Crippen molar-refractivity contribution in [3.05, 3.63) is 60.2 Å². The average molecular weight is 339 g/mol. The van der Waals surface area contributed by atoms with Crippen molar-refractivity contribution in [2.24, 2.45) is 0 Å². The lowest BCUT2D eigenvalue weighted by Gasteiger charge is -2.05. The number of carbonyl (C=O) groups is 1. The largest absolute Gasteiger partial charge is 0.462 e. The molecular weight excluding hydrogens is 326 g/mol. The molecule has 0 N–H and O–H groups in total. The van der Waals surface area contributed by atoms with Gasteiger partial charge in [0, 0.05) is 17.7 Å². The number of hydrogen-bond acceptors (Lipinski definition) is 8. The van der Waals surface area contributed by atoms with Gasteiger partial charge in [-0.05, 0) is 25.3 Å². The fourth-order valence-corrected chi connectivity index (χ4v) is 1.83. The van der Waals surface area contributed by atoms with Crippen LogP contribution >= 0.6 is 0 Å². The van der Waals surface area contributed by atoms with E-state index in [0.29, 0.717) is 0 Å². The molecule has 0 atom stereocenters. The summed E-state index contributed by atoms with van der Waals surface area (Å²) in [4.78, 5) is 40.7. The van der Waals surface area contributed by atoms with Crippen LogP contribution in [-0.2, 0) is 16.0 Å². The van der Waals surface area contributed by atoms with E-state index in [9.17, 15) is 35.1 Å². The fraction of sp³-hybridized carbons (Fsp3) is 0.308. The van der Waals surface area contributed by atoms with Crippen molar-refractivity contribution in [1.82, 2.24) is 0 Å². The topological polar surface area (TPSA) is 156 Å². The Kier molecular flexibility index (Phi) is 6.04. The zero-order valence-electron chi connectivity index (χ0n) is 12.6. The van der Waals surface area contributed by atoms with Crippen LogP contribution in [-0.4, -0.2) is 27.3 Å². The molecule has 1 aromatic carbocycles. The number of aryl methyl sites for hydroxylation is 1. The molecule has 128 valence electrons. The van der Waals surface area contributed by atoms with E-state index in [-0.39, 0.29) is 30.6 Å². The molecule has 0 bridgehead atoms. The first-order valence-electron chi connectivity index (χ1n) is 6.57. The van der Waals surface area contributed by atoms with Crippen molar-refractivity contribution in [3.8, 4) is 0 Å². The van der Waals surface area contributed by atoms with E-state index in [0.717, 1.165) is 12.1 Å². The zero-order valence-corrected chi connectivity index (χ0v) is 12.6. The van der Waals surface area contributed by atoms with E-state index in [1.807, 2.05) is 0 Å². The van der Waals surface area contributed by atoms with Crippen LogP contribution in [0.25, 0.3) is 0 Å². The second kappa shape index (κ2) is 7.76. The van der Waals surface area contributed by atoms with Crippen LogP contribution in [0.1, 0.15) is 18.9 Å². The average Bonchev–Trinajstić information content (AvgIpc) is 2.49. The number of carbonyl (C=O) groups excluding carboxylic acids is 1. The highest BCUT2D eigenvalue weighted by Gasteiger charge is 2.36. The third-order valence-corrected chi connectivity index (χ3v) is 2.90. The van der Waals surface area contributed by atoms with Gasteiger partial charge in [-0.2, -0.15) is 0 Å². The lowest BCUT2D eigenvalue weighted by atomic mass is 10.1. The van der Waals surface area contributed by atoms with Gasteiger partial charge in [0.1, 0.15) is 0 Å². The summed E-state index contributed by atoms with van der Waals surface area (Å²) < 4.78 is 4.83. The Morgan fingerprint density at radius 1 is 1.08 bits per heavy atom. The lowest BCUT2D eigenvalue weighted by molar-refractivity contribution is -0.441. The Bertz CT molecular complexity index is 693. The van der Waals surface area contributed by atoms with E-state index < -0.39 is 37.8 Å². The number of ether oxygens (including phenoxy) is 1. The number of benzene rings is 1. The van der Waals surface area contributed by atoms with Crippen molar-refractivity contribution in [1.29, 1.82) is 0 Å². The summed E-state index contributed by atoms with van der Waals surface area (Å²) in [6, 6.07) is 1.82. The Hall–Kier alpha value is -3.37. The third kappa shape index (κ3) is 4.56. The summed E-state index contributed by atoms with van der Waals surface area (Å²) in [6.07, 6.45) is 0.328. The normalized spacial score (nSPS) is 10.0. The monoisotopic (exact) mass is 339 g/mol. The Morgan fingerprint density at radius 2 is 1.58 bits per heavy atom. The molecule has 0 aliphatic rings. The first-order chi connectivity index (χ1) is 11.1. The molecule has 0 saturated heterocycles. The van der Waals surface area contributed by atoms with E-state index in [2.05, 4.69) is 6.58 Å². The third-order valence-electron chi connectivity index (χ3n) is 2.90. The van der Waals surface area contributed by atoms with Crippen LogP contribution in [0, 0.1) is 30.3 Å². The van der Waals surface area contributed by atoms with Crippen LogP contribution < -0.4 is 0 Å². The Balaban J connectivity index is 3.02. The van der Waals surface area contributed by atoms with Crippen molar-refractivity contribution in [2.45, 2.75) is 19.8 Å². The predicted molar refractivity (Wildman–Crippen MR) is 80.5 cm³/mol. The molecular formula is C13H13N3O8. The Morgan fingerprint density at radius 3 is 1.96 bits per heavy atom. The first kappa shape index (κ1) is 18.7. The van der Waals surface area contributed by atoms with Gasteiger partial charge in [-0.15, -0.1) is 0 Å². The van der Waals surface area contributed by atoms with Gasteiger partial charge < -0.3 is 4.74 Å². The summed E-state index contributed by atoms with van der Waals surface area (Å²) >= 11 is 0. The number of rotatable bonds is 8. The molecule has 0 spiro atoms. The van der Waals surface area contributed by atoms with Crippen molar-refractivity contribution < 1.29 is 24.3 Å². The van der Waals surface area contributed by atoms with Gasteiger partial charge in [0.2, 0.25) is 0 Å². The molecule has 24 heavy (non-hydrogen) atoms. The van der Waals surface area contributed by atoms with Crippen molar-refractivity contribution >= 4 is 23.0 Å². The molecule has 0 unspecified atom stereocenters. The SMILES string of the molecule is C=C(C)C(=O)OCCCc1cc([N+](=O)[O-])c([N+](=O)[O-])c([N+](=O)[O-])c1. The minimum absolute atomic E-state index is 0.0235. The number of nitrogens with zero attached hydrogens (tertiary/aromatic N) is 3. The minimum Gasteiger partial charge on any atom is -0.462 e. The summed E-state index contributed by atoms with van der Waals surface area (Å²) in [7, 11) is 0. The predicted octanol–water partition coefficient (Wildman–Crippen LogP) is 2.46. The molecule has 0 fully saturated rings. The molecule has 0 amide bonds. The highest BCUT2D eigenvalue weighted by Crippen LogP contribution is 2.37. The number of nitro benzene ring substituents is 3. The van der Waals surface area contributed by atoms with Gasteiger partial charge in [-0.3, -0.25) is 30.3 Å². The van der Waals surface area contributed by atoms with Gasteiger partial charge in [0.15, 0.2) is 0 Å². The van der Waals surface area contributed by atoms with E-state index in [1.165, 1.54) is 6.92 Å². The summed E-state index contributed by atoms with van der Waals surface area (Å²) in [5.41, 5.74) is -2.71. The quantitative estimate of drug-likeness (QED) is 0.230. The standard InChI is InChI=1S/C13H13N3O8/c1-8(2)13(17)24-5-3-4-9-6-10(14(18)19)12(16(22)23)11(7-9)15(20)21/h6-7H,1,3-5H2,2H3. The van der Waals surface area contributed by atoms with Crippen LogP contribution in [0.15, 0.2) is 24.3 Å². The van der Waals surface area contributed by atoms with E-state index >= 15 is 0 Å². The minimum atomic E-state index is -1.16. The number of nitro groups is 3. The molecule has 0 aliphatic carbocycles. The fourth-order valence-electron chi connectivity index (χ4n) is 1.83. The van der Waals surface area contributed by atoms with Gasteiger partial charge in [-0.25, -0.2) is 4.79 Å². The molecule has 0 aliphatic heterocycles. The van der Waals surface area contributed by atoms with Crippen LogP contribution in [0.3, 0.4) is 0 Å². The number of esters is 1. The van der Waals surface area contributed by atoms with Gasteiger partial charge in [0.25, 0.3) is 0 Å². The van der Waals surface area contributed by atoms with Crippen LogP contribution in [0.5, 0.6) is 0 Å². The second-order valence-corrected chi connectivity index (χ2v) is 4.77. The molecule has 1 aromatic rings. The van der Waals surface area contributed by atoms with Crippen LogP contribution in [0.4, 0.5) is 17.1 Å². The maximum atomic E-state index is 11.2. The maximum absolute atomic E-state index is 11.2. The first-order valence-corrected chi connectivity index (χ1v) is 6.57. The molecule has 1 rings (SSSR count). The highest BCUT2D eigenvalue weighted by atomic mass is 16.6. The van der Waals surface area contributed by atoms with Crippen molar-refractivity contribution in [2.75, 3.05) is 6.61 Å². The van der Waals surface area contributed by atoms with E-state index in [4.69, 9.17) is 4.74 Å². The Labute approximate surface area is 135 Å². The molecule has 0 saturated carbocycles. The van der Waals surface area contributed by atoms with Crippen molar-refractivity contribution in [3.63, 3.8) is 0 Å². The van der Waals surface area contributed by atoms with E-state index in [1.54, 1.807) is 0 Å². The van der Waals surface area contributed by atoms with Crippen LogP contribution in [0.2, 0.25) is 0 Å². The molecule has 11 nitrogen and oxygen atoms in total. The maximum Gasteiger partial charge on any atom is 0.422 e. The zero-order chi connectivity index (χ0) is 18.4. The molecule has 0 heterocycles. The molecule has 11 heteroatoms. The van der Waals surface area contributed by atoms with Gasteiger partial charge >= 0.3 is 23.0 Å². The summed E-state index contributed by atoms with van der Waals surface area (Å²) in [5, 5.41) is 32.8. The second-order valence-electron chi connectivity index (χ2n) is 4.77. The molecule has 0 radical (unpaired) electrons. The van der Waals surface area contributed by atoms with Gasteiger partial charge in [-0.1, -0.05) is 6.58 Å². The summed E-state index contributed by atoms with van der Waals surface area (Å²) in [5.74, 6) is -0.601. The molecule has 0 aromatic heterocycles. The smallest absolute Gasteiger partial charge is 0.422 e. The van der Waals surface area contributed by atoms with Gasteiger partial charge in [0.05, 0.1) is 21.4 Å².